The number of alkyl halides is 3. The van der Waals surface area contributed by atoms with E-state index < -0.39 is 29.5 Å². The lowest BCUT2D eigenvalue weighted by molar-refractivity contribution is -0.146. The first-order chi connectivity index (χ1) is 17.2. The van der Waals surface area contributed by atoms with Crippen LogP contribution in [0.1, 0.15) is 36.0 Å². The molecular formula is C27H28F3NO5. The molecule has 0 bridgehead atoms. The van der Waals surface area contributed by atoms with Gasteiger partial charge in [-0.2, -0.15) is 13.2 Å². The lowest BCUT2D eigenvalue weighted by Crippen LogP contribution is -2.32. The molecule has 3 atom stereocenters. The Labute approximate surface area is 207 Å². The smallest absolute Gasteiger partial charge is 0.416 e. The number of carbonyl (C=O) groups excluding carboxylic acids is 2. The van der Waals surface area contributed by atoms with E-state index >= 15 is 0 Å². The minimum absolute atomic E-state index is 0.207. The molecule has 0 heterocycles. The van der Waals surface area contributed by atoms with Crippen molar-refractivity contribution in [2.24, 2.45) is 5.92 Å². The van der Waals surface area contributed by atoms with Crippen molar-refractivity contribution in [3.63, 3.8) is 0 Å². The molecule has 2 aromatic carbocycles. The molecule has 1 aliphatic carbocycles. The van der Waals surface area contributed by atoms with Crippen molar-refractivity contribution >= 4 is 18.0 Å². The fraction of sp³-hybridized carbons (Fsp3) is 0.333. The molecule has 1 amide bonds. The van der Waals surface area contributed by atoms with E-state index in [0.29, 0.717) is 23.5 Å². The van der Waals surface area contributed by atoms with E-state index in [1.165, 1.54) is 38.5 Å². The summed E-state index contributed by atoms with van der Waals surface area (Å²) >= 11 is 0. The van der Waals surface area contributed by atoms with Crippen LogP contribution in [0.3, 0.4) is 0 Å². The second kappa shape index (κ2) is 11.8. The number of ether oxygens (including phenoxy) is 3. The first kappa shape index (κ1) is 26.8. The number of hydrogen-bond donors (Lipinski definition) is 1. The van der Waals surface area contributed by atoms with Gasteiger partial charge in [0.15, 0.2) is 0 Å². The van der Waals surface area contributed by atoms with Crippen molar-refractivity contribution in [1.29, 1.82) is 0 Å². The summed E-state index contributed by atoms with van der Waals surface area (Å²) in [6.45, 7) is 1.93. The van der Waals surface area contributed by atoms with Crippen LogP contribution < -0.4 is 14.8 Å². The van der Waals surface area contributed by atoms with Crippen molar-refractivity contribution in [1.82, 2.24) is 5.32 Å². The van der Waals surface area contributed by atoms with Crippen LogP contribution in [-0.2, 0) is 20.5 Å². The van der Waals surface area contributed by atoms with E-state index in [-0.39, 0.29) is 24.1 Å². The third-order valence-electron chi connectivity index (χ3n) is 5.83. The van der Waals surface area contributed by atoms with Gasteiger partial charge in [0.25, 0.3) is 0 Å². The molecule has 0 fully saturated rings. The van der Waals surface area contributed by atoms with Gasteiger partial charge in [-0.05, 0) is 61.2 Å². The SMILES string of the molecule is CCOC(=O)C(c1cc(OC)ccc1OC)C1C=CC(NC(=O)/C=C/c2cccc(C(F)(F)F)c2)C1. The molecule has 0 aliphatic heterocycles. The van der Waals surface area contributed by atoms with Crippen LogP contribution in [0.2, 0.25) is 0 Å². The zero-order chi connectivity index (χ0) is 26.3. The second-order valence-corrected chi connectivity index (χ2v) is 8.19. The van der Waals surface area contributed by atoms with Crippen molar-refractivity contribution < 1.29 is 37.0 Å². The molecule has 0 radical (unpaired) electrons. The minimum Gasteiger partial charge on any atom is -0.497 e. The summed E-state index contributed by atoms with van der Waals surface area (Å²) in [6.07, 6.45) is 2.11. The summed E-state index contributed by atoms with van der Waals surface area (Å²) in [5, 5.41) is 2.81. The summed E-state index contributed by atoms with van der Waals surface area (Å²) in [7, 11) is 3.04. The second-order valence-electron chi connectivity index (χ2n) is 8.19. The Morgan fingerprint density at radius 3 is 2.56 bits per heavy atom. The summed E-state index contributed by atoms with van der Waals surface area (Å²) in [5.41, 5.74) is 0.0817. The van der Waals surface area contributed by atoms with Crippen LogP contribution in [0.25, 0.3) is 6.08 Å². The molecule has 1 aliphatic rings. The average Bonchev–Trinajstić information content (AvgIpc) is 3.30. The average molecular weight is 504 g/mol. The molecule has 0 aromatic heterocycles. The Balaban J connectivity index is 1.72. The topological polar surface area (TPSA) is 73.9 Å². The van der Waals surface area contributed by atoms with E-state index in [0.717, 1.165) is 12.1 Å². The third kappa shape index (κ3) is 6.68. The van der Waals surface area contributed by atoms with Gasteiger partial charge in [0, 0.05) is 17.7 Å². The number of nitrogens with one attached hydrogen (secondary N) is 1. The van der Waals surface area contributed by atoms with Crippen LogP contribution in [-0.4, -0.2) is 38.7 Å². The van der Waals surface area contributed by atoms with E-state index in [9.17, 15) is 22.8 Å². The highest BCUT2D eigenvalue weighted by Gasteiger charge is 2.36. The molecule has 36 heavy (non-hydrogen) atoms. The van der Waals surface area contributed by atoms with Crippen molar-refractivity contribution in [3.8, 4) is 11.5 Å². The first-order valence-corrected chi connectivity index (χ1v) is 11.4. The third-order valence-corrected chi connectivity index (χ3v) is 5.83. The zero-order valence-corrected chi connectivity index (χ0v) is 20.2. The largest absolute Gasteiger partial charge is 0.497 e. The van der Waals surface area contributed by atoms with E-state index in [4.69, 9.17) is 14.2 Å². The Kier molecular flexibility index (Phi) is 8.79. The molecule has 2 aromatic rings. The van der Waals surface area contributed by atoms with Crippen LogP contribution in [0.5, 0.6) is 11.5 Å². The number of rotatable bonds is 9. The van der Waals surface area contributed by atoms with Gasteiger partial charge in [-0.15, -0.1) is 0 Å². The first-order valence-electron chi connectivity index (χ1n) is 11.4. The Hall–Kier alpha value is -3.75. The molecular weight excluding hydrogens is 475 g/mol. The van der Waals surface area contributed by atoms with E-state index in [1.54, 1.807) is 31.2 Å². The van der Waals surface area contributed by atoms with Gasteiger partial charge < -0.3 is 19.5 Å². The fourth-order valence-corrected chi connectivity index (χ4v) is 4.15. The molecule has 1 N–H and O–H groups in total. The Bertz CT molecular complexity index is 1140. The summed E-state index contributed by atoms with van der Waals surface area (Å²) in [6, 6.07) is 9.52. The molecule has 0 saturated carbocycles. The van der Waals surface area contributed by atoms with Crippen molar-refractivity contribution in [2.75, 3.05) is 20.8 Å². The molecule has 192 valence electrons. The van der Waals surface area contributed by atoms with E-state index in [2.05, 4.69) is 5.32 Å². The number of carbonyl (C=O) groups is 2. The number of esters is 1. The highest BCUT2D eigenvalue weighted by atomic mass is 19.4. The number of halogens is 3. The normalized spacial score (nSPS) is 18.2. The van der Waals surface area contributed by atoms with Crippen LogP contribution >= 0.6 is 0 Å². The molecule has 0 spiro atoms. The lowest BCUT2D eigenvalue weighted by atomic mass is 9.84. The molecule has 3 rings (SSSR count). The van der Waals surface area contributed by atoms with Gasteiger partial charge >= 0.3 is 12.1 Å². The summed E-state index contributed by atoms with van der Waals surface area (Å²) in [5.74, 6) is -0.786. The van der Waals surface area contributed by atoms with Gasteiger partial charge in [-0.3, -0.25) is 9.59 Å². The van der Waals surface area contributed by atoms with Gasteiger partial charge in [-0.25, -0.2) is 0 Å². The summed E-state index contributed by atoms with van der Waals surface area (Å²) < 4.78 is 54.8. The number of hydrogen-bond acceptors (Lipinski definition) is 5. The standard InChI is InChI=1S/C27H28F3NO5/c1-4-36-26(33)25(22-16-21(34-2)11-12-23(22)35-3)18-9-10-20(15-18)31-24(32)13-8-17-6-5-7-19(14-17)27(28,29)30/h5-14,16,18,20,25H,4,15H2,1-3H3,(H,31,32)/b13-8+. The predicted octanol–water partition coefficient (Wildman–Crippen LogP) is 5.14. The van der Waals surface area contributed by atoms with Crippen LogP contribution in [0.15, 0.2) is 60.7 Å². The zero-order valence-electron chi connectivity index (χ0n) is 20.2. The quantitative estimate of drug-likeness (QED) is 0.291. The number of amides is 1. The Morgan fingerprint density at radius 1 is 1.11 bits per heavy atom. The lowest BCUT2D eigenvalue weighted by Gasteiger charge is -2.24. The van der Waals surface area contributed by atoms with Gasteiger partial charge in [-0.1, -0.05) is 24.3 Å². The maximum atomic E-state index is 13.0. The highest BCUT2D eigenvalue weighted by molar-refractivity contribution is 5.92. The number of allylic oxidation sites excluding steroid dienone is 1. The maximum Gasteiger partial charge on any atom is 0.416 e. The Morgan fingerprint density at radius 2 is 1.89 bits per heavy atom. The van der Waals surface area contributed by atoms with Gasteiger partial charge in [0.2, 0.25) is 5.91 Å². The minimum atomic E-state index is -4.46. The highest BCUT2D eigenvalue weighted by Crippen LogP contribution is 2.40. The van der Waals surface area contributed by atoms with Gasteiger partial charge in [0.1, 0.15) is 11.5 Å². The molecule has 6 nitrogen and oxygen atoms in total. The predicted molar refractivity (Wildman–Crippen MR) is 129 cm³/mol. The molecule has 9 heteroatoms. The number of benzene rings is 2. The van der Waals surface area contributed by atoms with Crippen LogP contribution in [0, 0.1) is 5.92 Å². The van der Waals surface area contributed by atoms with Crippen molar-refractivity contribution in [3.05, 3.63) is 77.4 Å². The molecule has 0 saturated heterocycles. The number of methoxy groups -OCH3 is 2. The van der Waals surface area contributed by atoms with Crippen molar-refractivity contribution in [2.45, 2.75) is 31.5 Å². The fourth-order valence-electron chi connectivity index (χ4n) is 4.15. The monoisotopic (exact) mass is 503 g/mol. The van der Waals surface area contributed by atoms with Crippen LogP contribution in [0.4, 0.5) is 13.2 Å². The molecule has 3 unspecified atom stereocenters. The summed E-state index contributed by atoms with van der Waals surface area (Å²) in [4.78, 5) is 25.4. The van der Waals surface area contributed by atoms with E-state index in [1.807, 2.05) is 6.08 Å². The maximum absolute atomic E-state index is 13.0. The van der Waals surface area contributed by atoms with Gasteiger partial charge in [0.05, 0.1) is 32.3 Å².